The summed E-state index contributed by atoms with van der Waals surface area (Å²) in [5.41, 5.74) is 2.07. The van der Waals surface area contributed by atoms with Crippen LogP contribution in [0.2, 0.25) is 0 Å². The van der Waals surface area contributed by atoms with Gasteiger partial charge in [0.2, 0.25) is 0 Å². The Morgan fingerprint density at radius 1 is 1.30 bits per heavy atom. The van der Waals surface area contributed by atoms with Crippen LogP contribution in [0.3, 0.4) is 0 Å². The van der Waals surface area contributed by atoms with E-state index >= 15 is 0 Å². The lowest BCUT2D eigenvalue weighted by Crippen LogP contribution is -2.49. The molecule has 1 aliphatic carbocycles. The van der Waals surface area contributed by atoms with Crippen LogP contribution in [0.4, 0.5) is 0 Å². The van der Waals surface area contributed by atoms with Gasteiger partial charge in [-0.05, 0) is 24.8 Å². The van der Waals surface area contributed by atoms with Gasteiger partial charge in [0.05, 0.1) is 31.5 Å². The number of rotatable bonds is 9. The van der Waals surface area contributed by atoms with E-state index in [4.69, 9.17) is 9.84 Å². The van der Waals surface area contributed by atoms with Crippen molar-refractivity contribution in [2.24, 2.45) is 5.41 Å². The highest BCUT2D eigenvalue weighted by Gasteiger charge is 2.42. The lowest BCUT2D eigenvalue weighted by molar-refractivity contribution is 0.0202. The van der Waals surface area contributed by atoms with Crippen LogP contribution in [-0.4, -0.2) is 71.7 Å². The van der Waals surface area contributed by atoms with Gasteiger partial charge in [0.1, 0.15) is 0 Å². The van der Waals surface area contributed by atoms with Crippen LogP contribution >= 0.6 is 0 Å². The normalized spacial score (nSPS) is 22.8. The fourth-order valence-electron chi connectivity index (χ4n) is 4.58. The first kappa shape index (κ1) is 21.0. The number of aliphatic hydroxyl groups is 1. The standard InChI is InChI=1S/C23H32N4O3/c1-30-17-23(16-24-21-13-20(21)18-5-3-2-4-6-18)7-9-26(10-8-23)22(29)19-14-25-27(15-19)11-12-28/h2-6,14-15,20-21,24,28H,7-13,16-17H2,1H3/t20-,21+/m0/s1. The third kappa shape index (κ3) is 4.74. The fraction of sp³-hybridized carbons (Fsp3) is 0.565. The van der Waals surface area contributed by atoms with E-state index < -0.39 is 0 Å². The Morgan fingerprint density at radius 2 is 2.07 bits per heavy atom. The van der Waals surface area contributed by atoms with E-state index in [1.165, 1.54) is 12.0 Å². The molecule has 2 aromatic rings. The maximum Gasteiger partial charge on any atom is 0.257 e. The third-order valence-electron chi connectivity index (χ3n) is 6.53. The van der Waals surface area contributed by atoms with Crippen LogP contribution in [0.15, 0.2) is 42.7 Å². The average Bonchev–Trinajstić information content (AvgIpc) is 3.42. The van der Waals surface area contributed by atoms with Gasteiger partial charge in [0.15, 0.2) is 0 Å². The van der Waals surface area contributed by atoms with Crippen molar-refractivity contribution in [3.8, 4) is 0 Å². The summed E-state index contributed by atoms with van der Waals surface area (Å²) >= 11 is 0. The largest absolute Gasteiger partial charge is 0.394 e. The maximum absolute atomic E-state index is 12.8. The Bertz CT molecular complexity index is 830. The zero-order valence-electron chi connectivity index (χ0n) is 17.7. The molecule has 1 saturated heterocycles. The molecule has 0 bridgehead atoms. The molecule has 0 radical (unpaired) electrons. The first-order valence-electron chi connectivity index (χ1n) is 10.8. The van der Waals surface area contributed by atoms with Crippen molar-refractivity contribution in [1.82, 2.24) is 20.0 Å². The Labute approximate surface area is 178 Å². The summed E-state index contributed by atoms with van der Waals surface area (Å²) in [6.07, 6.45) is 6.34. The van der Waals surface area contributed by atoms with Gasteiger partial charge in [-0.1, -0.05) is 30.3 Å². The number of likely N-dealkylation sites (tertiary alicyclic amines) is 1. The second kappa shape index (κ2) is 9.29. The highest BCUT2D eigenvalue weighted by molar-refractivity contribution is 5.93. The molecule has 30 heavy (non-hydrogen) atoms. The number of amides is 1. The molecule has 1 amide bonds. The highest BCUT2D eigenvalue weighted by atomic mass is 16.5. The highest BCUT2D eigenvalue weighted by Crippen LogP contribution is 2.42. The van der Waals surface area contributed by atoms with E-state index in [1.54, 1.807) is 24.2 Å². The van der Waals surface area contributed by atoms with Crippen molar-refractivity contribution in [2.45, 2.75) is 37.8 Å². The van der Waals surface area contributed by atoms with Crippen LogP contribution in [0.25, 0.3) is 0 Å². The van der Waals surface area contributed by atoms with Gasteiger partial charge in [-0.25, -0.2) is 0 Å². The number of aliphatic hydroxyl groups excluding tert-OH is 1. The first-order chi connectivity index (χ1) is 14.6. The van der Waals surface area contributed by atoms with Gasteiger partial charge in [-0.3, -0.25) is 9.48 Å². The van der Waals surface area contributed by atoms with E-state index in [1.807, 2.05) is 4.90 Å². The molecule has 1 aromatic carbocycles. The number of carbonyl (C=O) groups excluding carboxylic acids is 1. The molecular weight excluding hydrogens is 380 g/mol. The number of nitrogens with zero attached hydrogens (tertiary/aromatic N) is 3. The number of carbonyl (C=O) groups is 1. The van der Waals surface area contributed by atoms with Crippen LogP contribution in [-0.2, 0) is 11.3 Å². The number of ether oxygens (including phenoxy) is 1. The molecule has 2 atom stereocenters. The zero-order valence-corrected chi connectivity index (χ0v) is 17.7. The average molecular weight is 413 g/mol. The van der Waals surface area contributed by atoms with Crippen molar-refractivity contribution < 1.29 is 14.6 Å². The Hall–Kier alpha value is -2.22. The summed E-state index contributed by atoms with van der Waals surface area (Å²) in [7, 11) is 1.76. The van der Waals surface area contributed by atoms with Crippen molar-refractivity contribution in [3.05, 3.63) is 53.9 Å². The van der Waals surface area contributed by atoms with Gasteiger partial charge in [0.25, 0.3) is 5.91 Å². The predicted octanol–water partition coefficient (Wildman–Crippen LogP) is 1.89. The molecule has 2 fully saturated rings. The molecule has 2 heterocycles. The molecular formula is C23H32N4O3. The fourth-order valence-corrected chi connectivity index (χ4v) is 4.58. The maximum atomic E-state index is 12.8. The molecule has 1 saturated carbocycles. The summed E-state index contributed by atoms with van der Waals surface area (Å²) < 4.78 is 7.19. The molecule has 4 rings (SSSR count). The molecule has 7 heteroatoms. The van der Waals surface area contributed by atoms with E-state index in [0.29, 0.717) is 30.7 Å². The molecule has 1 aliphatic heterocycles. The predicted molar refractivity (Wildman–Crippen MR) is 114 cm³/mol. The van der Waals surface area contributed by atoms with Gasteiger partial charge >= 0.3 is 0 Å². The SMILES string of the molecule is COCC1(CN[C@@H]2C[C@H]2c2ccccc2)CCN(C(=O)c2cnn(CCO)c2)CC1. The number of hydrogen-bond acceptors (Lipinski definition) is 5. The lowest BCUT2D eigenvalue weighted by atomic mass is 9.78. The van der Waals surface area contributed by atoms with E-state index in [2.05, 4.69) is 40.7 Å². The van der Waals surface area contributed by atoms with Crippen molar-refractivity contribution in [3.63, 3.8) is 0 Å². The minimum Gasteiger partial charge on any atom is -0.394 e. The van der Waals surface area contributed by atoms with Crippen LogP contribution in [0.1, 0.15) is 41.1 Å². The number of methoxy groups -OCH3 is 1. The van der Waals surface area contributed by atoms with E-state index in [0.717, 1.165) is 32.5 Å². The Kier molecular flexibility index (Phi) is 6.51. The van der Waals surface area contributed by atoms with Gasteiger partial charge in [-0.2, -0.15) is 5.10 Å². The van der Waals surface area contributed by atoms with Crippen LogP contribution in [0, 0.1) is 5.41 Å². The second-order valence-electron chi connectivity index (χ2n) is 8.68. The topological polar surface area (TPSA) is 79.6 Å². The molecule has 0 spiro atoms. The molecule has 162 valence electrons. The lowest BCUT2D eigenvalue weighted by Gasteiger charge is -2.41. The minimum absolute atomic E-state index is 0.0116. The monoisotopic (exact) mass is 412 g/mol. The van der Waals surface area contributed by atoms with Gasteiger partial charge < -0.3 is 20.1 Å². The summed E-state index contributed by atoms with van der Waals surface area (Å²) in [5, 5.41) is 16.9. The Balaban J connectivity index is 1.30. The molecule has 7 nitrogen and oxygen atoms in total. The smallest absolute Gasteiger partial charge is 0.257 e. The third-order valence-corrected chi connectivity index (χ3v) is 6.53. The number of benzene rings is 1. The zero-order chi connectivity index (χ0) is 21.0. The van der Waals surface area contributed by atoms with E-state index in [9.17, 15) is 4.79 Å². The first-order valence-corrected chi connectivity index (χ1v) is 10.8. The quantitative estimate of drug-likeness (QED) is 0.658. The number of aromatic nitrogens is 2. The summed E-state index contributed by atoms with van der Waals surface area (Å²) in [4.78, 5) is 14.7. The second-order valence-corrected chi connectivity index (χ2v) is 8.68. The molecule has 0 unspecified atom stereocenters. The number of hydrogen-bond donors (Lipinski definition) is 2. The number of nitrogens with one attached hydrogen (secondary N) is 1. The van der Waals surface area contributed by atoms with Crippen molar-refractivity contribution in [1.29, 1.82) is 0 Å². The summed E-state index contributed by atoms with van der Waals surface area (Å²) in [6.45, 7) is 3.49. The van der Waals surface area contributed by atoms with Crippen LogP contribution < -0.4 is 5.32 Å². The minimum atomic E-state index is 0.0116. The Morgan fingerprint density at radius 3 is 2.77 bits per heavy atom. The summed E-state index contributed by atoms with van der Waals surface area (Å²) in [5.74, 6) is 0.632. The molecule has 2 N–H and O–H groups in total. The summed E-state index contributed by atoms with van der Waals surface area (Å²) in [6, 6.07) is 11.2. The number of piperidine rings is 1. The molecule has 2 aliphatic rings. The van der Waals surface area contributed by atoms with Crippen molar-refractivity contribution in [2.75, 3.05) is 40.0 Å². The van der Waals surface area contributed by atoms with Gasteiger partial charge in [-0.15, -0.1) is 0 Å². The van der Waals surface area contributed by atoms with Crippen LogP contribution in [0.5, 0.6) is 0 Å². The van der Waals surface area contributed by atoms with E-state index in [-0.39, 0.29) is 17.9 Å². The van der Waals surface area contributed by atoms with Crippen molar-refractivity contribution >= 4 is 5.91 Å². The molecule has 1 aromatic heterocycles. The van der Waals surface area contributed by atoms with Gasteiger partial charge in [0, 0.05) is 50.3 Å².